The fourth-order valence-corrected chi connectivity index (χ4v) is 3.00. The predicted octanol–water partition coefficient (Wildman–Crippen LogP) is 0.378. The zero-order chi connectivity index (χ0) is 13.0. The number of carbonyl (C=O) groups excluding carboxylic acids is 2. The summed E-state index contributed by atoms with van der Waals surface area (Å²) in [5, 5.41) is 8.80. The minimum absolute atomic E-state index is 0.0563. The van der Waals surface area contributed by atoms with Crippen LogP contribution in [0.15, 0.2) is 0 Å². The third kappa shape index (κ3) is 3.54. The van der Waals surface area contributed by atoms with Crippen molar-refractivity contribution in [2.24, 2.45) is 0 Å². The first-order valence-corrected chi connectivity index (χ1v) is 6.75. The second-order valence-corrected chi connectivity index (χ2v) is 5.34. The normalized spacial score (nSPS) is 21.8. The van der Waals surface area contributed by atoms with Crippen LogP contribution >= 0.6 is 35.6 Å². The molecule has 0 aromatic carbocycles. The summed E-state index contributed by atoms with van der Waals surface area (Å²) in [4.78, 5) is 24.2. The highest BCUT2D eigenvalue weighted by molar-refractivity contribution is 8.24. The first-order valence-electron chi connectivity index (χ1n) is 4.92. The Hall–Kier alpha value is -0.370. The summed E-state index contributed by atoms with van der Waals surface area (Å²) in [6.07, 6.45) is -0.973. The molecule has 96 valence electrons. The van der Waals surface area contributed by atoms with E-state index in [0.717, 1.165) is 16.7 Å². The first-order chi connectivity index (χ1) is 8.01. The molecular formula is C9H12ClNO4S2. The topological polar surface area (TPSA) is 66.8 Å². The molecule has 1 amide bonds. The van der Waals surface area contributed by atoms with E-state index in [-0.39, 0.29) is 23.4 Å². The van der Waals surface area contributed by atoms with Gasteiger partial charge in [0, 0.05) is 5.88 Å². The van der Waals surface area contributed by atoms with Crippen molar-refractivity contribution in [1.29, 1.82) is 0 Å². The first kappa shape index (κ1) is 14.7. The molecule has 0 aromatic heterocycles. The van der Waals surface area contributed by atoms with Crippen molar-refractivity contribution in [3.8, 4) is 0 Å². The number of hydrogen-bond acceptors (Lipinski definition) is 6. The molecule has 17 heavy (non-hydrogen) atoms. The van der Waals surface area contributed by atoms with Crippen molar-refractivity contribution in [2.45, 2.75) is 18.3 Å². The van der Waals surface area contributed by atoms with Crippen LogP contribution in [0.4, 0.5) is 0 Å². The van der Waals surface area contributed by atoms with Crippen LogP contribution in [-0.4, -0.2) is 56.6 Å². The lowest BCUT2D eigenvalue weighted by Gasteiger charge is -2.15. The molecule has 1 aliphatic rings. The zero-order valence-electron chi connectivity index (χ0n) is 9.09. The number of thiocarbonyl (C=S) groups is 1. The van der Waals surface area contributed by atoms with Crippen molar-refractivity contribution >= 4 is 51.8 Å². The summed E-state index contributed by atoms with van der Waals surface area (Å²) in [5.74, 6) is -0.981. The van der Waals surface area contributed by atoms with Gasteiger partial charge in [0.15, 0.2) is 0 Å². The van der Waals surface area contributed by atoms with E-state index >= 15 is 0 Å². The van der Waals surface area contributed by atoms with Crippen LogP contribution in [0.5, 0.6) is 0 Å². The Bertz CT molecular complexity index is 339. The summed E-state index contributed by atoms with van der Waals surface area (Å²) < 4.78 is 4.99. The van der Waals surface area contributed by atoms with Crippen molar-refractivity contribution < 1.29 is 19.4 Å². The Kier molecular flexibility index (Phi) is 5.64. The van der Waals surface area contributed by atoms with E-state index in [2.05, 4.69) is 0 Å². The molecule has 0 saturated carbocycles. The van der Waals surface area contributed by atoms with Crippen LogP contribution in [0.1, 0.15) is 6.92 Å². The van der Waals surface area contributed by atoms with E-state index in [9.17, 15) is 14.7 Å². The van der Waals surface area contributed by atoms with Crippen molar-refractivity contribution in [3.63, 3.8) is 0 Å². The molecule has 1 heterocycles. The average molecular weight is 298 g/mol. The maximum atomic E-state index is 11.8. The van der Waals surface area contributed by atoms with Gasteiger partial charge in [0.1, 0.15) is 16.1 Å². The molecule has 1 N–H and O–H groups in total. The molecule has 1 saturated heterocycles. The second kappa shape index (κ2) is 6.53. The van der Waals surface area contributed by atoms with Crippen LogP contribution < -0.4 is 0 Å². The number of ether oxygens (including phenoxy) is 1. The van der Waals surface area contributed by atoms with Crippen LogP contribution in [0.25, 0.3) is 0 Å². The molecular weight excluding hydrogens is 286 g/mol. The second-order valence-electron chi connectivity index (χ2n) is 3.26. The van der Waals surface area contributed by atoms with Crippen LogP contribution in [0.3, 0.4) is 0 Å². The Morgan fingerprint density at radius 1 is 1.76 bits per heavy atom. The number of alkyl halides is 1. The average Bonchev–Trinajstić information content (AvgIpc) is 2.56. The third-order valence-corrected chi connectivity index (χ3v) is 4.07. The lowest BCUT2D eigenvalue weighted by Crippen LogP contribution is -2.40. The zero-order valence-corrected chi connectivity index (χ0v) is 11.5. The van der Waals surface area contributed by atoms with Crippen molar-refractivity contribution in [3.05, 3.63) is 0 Å². The lowest BCUT2D eigenvalue weighted by molar-refractivity contribution is -0.146. The van der Waals surface area contributed by atoms with Crippen molar-refractivity contribution in [1.82, 2.24) is 4.90 Å². The molecule has 0 radical (unpaired) electrons. The van der Waals surface area contributed by atoms with Gasteiger partial charge in [-0.25, -0.2) is 0 Å². The van der Waals surface area contributed by atoms with Crippen LogP contribution in [0, 0.1) is 0 Å². The Labute approximate surface area is 113 Å². The van der Waals surface area contributed by atoms with Gasteiger partial charge in [0.25, 0.3) is 0 Å². The number of hydrogen-bond donors (Lipinski definition) is 1. The number of carbonyl (C=O) groups is 2. The van der Waals surface area contributed by atoms with Crippen LogP contribution in [-0.2, 0) is 14.3 Å². The number of rotatable bonds is 5. The summed E-state index contributed by atoms with van der Waals surface area (Å²) in [5.41, 5.74) is 0. The largest absolute Gasteiger partial charge is 0.465 e. The molecule has 1 rings (SSSR count). The van der Waals surface area contributed by atoms with Gasteiger partial charge in [-0.15, -0.1) is 11.6 Å². The summed E-state index contributed by atoms with van der Waals surface area (Å²) in [7, 11) is 0. The molecule has 1 aliphatic heterocycles. The Morgan fingerprint density at radius 3 is 2.94 bits per heavy atom. The molecule has 5 nitrogen and oxygen atoms in total. The fraction of sp³-hybridized carbons (Fsp3) is 0.667. The minimum Gasteiger partial charge on any atom is -0.465 e. The molecule has 1 fully saturated rings. The predicted molar refractivity (Wildman–Crippen MR) is 69.0 cm³/mol. The maximum Gasteiger partial charge on any atom is 0.326 e. The summed E-state index contributed by atoms with van der Waals surface area (Å²) in [6.45, 7) is 1.70. The molecule has 0 bridgehead atoms. The minimum atomic E-state index is -0.973. The highest BCUT2D eigenvalue weighted by Gasteiger charge is 2.41. The summed E-state index contributed by atoms with van der Waals surface area (Å²) >= 11 is 11.5. The van der Waals surface area contributed by atoms with Gasteiger partial charge in [-0.1, -0.05) is 24.0 Å². The van der Waals surface area contributed by atoms with Gasteiger partial charge < -0.3 is 9.84 Å². The molecule has 2 atom stereocenters. The monoisotopic (exact) mass is 297 g/mol. The van der Waals surface area contributed by atoms with Gasteiger partial charge in [0.05, 0.1) is 12.7 Å². The van der Waals surface area contributed by atoms with Crippen LogP contribution in [0.2, 0.25) is 0 Å². The third-order valence-electron chi connectivity index (χ3n) is 2.06. The number of aliphatic hydroxyl groups is 1. The number of halogens is 1. The Balaban J connectivity index is 2.66. The lowest BCUT2D eigenvalue weighted by atomic mass is 10.2. The molecule has 0 aromatic rings. The van der Waals surface area contributed by atoms with Gasteiger partial charge in [-0.3, -0.25) is 14.5 Å². The fourth-order valence-electron chi connectivity index (χ4n) is 1.27. The number of esters is 1. The maximum absolute atomic E-state index is 11.8. The van der Waals surface area contributed by atoms with E-state index in [0.29, 0.717) is 0 Å². The SMILES string of the molecule is CCOC(=O)CN1C(=O)C(C(O)CCl)SC1=S. The van der Waals surface area contributed by atoms with E-state index in [4.69, 9.17) is 28.6 Å². The molecule has 2 unspecified atom stereocenters. The highest BCUT2D eigenvalue weighted by atomic mass is 35.5. The standard InChI is InChI=1S/C9H12ClNO4S2/c1-2-15-6(13)4-11-8(14)7(5(12)3-10)17-9(11)16/h5,7,12H,2-4H2,1H3. The number of amides is 1. The Morgan fingerprint density at radius 2 is 2.41 bits per heavy atom. The van der Waals surface area contributed by atoms with Gasteiger partial charge in [-0.2, -0.15) is 0 Å². The van der Waals surface area contributed by atoms with E-state index in [1.165, 1.54) is 0 Å². The number of nitrogens with zero attached hydrogens (tertiary/aromatic N) is 1. The van der Waals surface area contributed by atoms with E-state index < -0.39 is 23.2 Å². The van der Waals surface area contributed by atoms with Gasteiger partial charge >= 0.3 is 5.97 Å². The number of thioether (sulfide) groups is 1. The molecule has 0 aliphatic carbocycles. The smallest absolute Gasteiger partial charge is 0.326 e. The van der Waals surface area contributed by atoms with Gasteiger partial charge in [0.2, 0.25) is 5.91 Å². The van der Waals surface area contributed by atoms with Gasteiger partial charge in [-0.05, 0) is 6.92 Å². The quantitative estimate of drug-likeness (QED) is 0.449. The van der Waals surface area contributed by atoms with E-state index in [1.807, 2.05) is 0 Å². The van der Waals surface area contributed by atoms with E-state index in [1.54, 1.807) is 6.92 Å². The molecule has 0 spiro atoms. The highest BCUT2D eigenvalue weighted by Crippen LogP contribution is 2.29. The van der Waals surface area contributed by atoms with Crippen molar-refractivity contribution in [2.75, 3.05) is 19.0 Å². The number of aliphatic hydroxyl groups excluding tert-OH is 1. The molecule has 8 heteroatoms. The summed E-state index contributed by atoms with van der Waals surface area (Å²) in [6, 6.07) is 0.